The maximum atomic E-state index is 9.61. The molecule has 1 unspecified atom stereocenters. The van der Waals surface area contributed by atoms with Gasteiger partial charge in [0.05, 0.1) is 12.7 Å². The first-order valence-electron chi connectivity index (χ1n) is 5.35. The van der Waals surface area contributed by atoms with E-state index in [0.29, 0.717) is 24.1 Å². The van der Waals surface area contributed by atoms with Crippen molar-refractivity contribution >= 4 is 11.8 Å². The first kappa shape index (κ1) is 13.4. The lowest BCUT2D eigenvalue weighted by Crippen LogP contribution is -2.18. The van der Waals surface area contributed by atoms with Crippen LogP contribution in [0.15, 0.2) is 5.16 Å². The van der Waals surface area contributed by atoms with E-state index in [0.717, 1.165) is 12.8 Å². The van der Waals surface area contributed by atoms with Crippen LogP contribution in [-0.2, 0) is 11.8 Å². The Kier molecular flexibility index (Phi) is 6.36. The molecule has 0 saturated heterocycles. The summed E-state index contributed by atoms with van der Waals surface area (Å²) in [6.45, 7) is 3.19. The number of aromatic nitrogens is 4. The zero-order chi connectivity index (χ0) is 11.8. The van der Waals surface area contributed by atoms with Gasteiger partial charge in [0, 0.05) is 19.4 Å². The summed E-state index contributed by atoms with van der Waals surface area (Å²) in [4.78, 5) is 0. The van der Waals surface area contributed by atoms with Crippen LogP contribution in [-0.4, -0.2) is 50.4 Å². The van der Waals surface area contributed by atoms with Crippen LogP contribution in [0.1, 0.15) is 19.8 Å². The van der Waals surface area contributed by atoms with Crippen molar-refractivity contribution < 1.29 is 9.84 Å². The van der Waals surface area contributed by atoms with Crippen LogP contribution in [0.5, 0.6) is 0 Å². The highest BCUT2D eigenvalue weighted by molar-refractivity contribution is 7.99. The van der Waals surface area contributed by atoms with E-state index in [1.54, 1.807) is 11.7 Å². The number of thioether (sulfide) groups is 1. The molecule has 0 aliphatic heterocycles. The fourth-order valence-electron chi connectivity index (χ4n) is 1.03. The minimum Gasteiger partial charge on any atom is -0.390 e. The molecule has 1 aromatic rings. The topological polar surface area (TPSA) is 73.1 Å². The third-order valence-corrected chi connectivity index (χ3v) is 3.09. The van der Waals surface area contributed by atoms with Crippen molar-refractivity contribution in [2.24, 2.45) is 7.05 Å². The smallest absolute Gasteiger partial charge is 0.209 e. The lowest BCUT2D eigenvalue weighted by Gasteiger charge is -2.09. The zero-order valence-electron chi connectivity index (χ0n) is 9.67. The number of nitrogens with zero attached hydrogens (tertiary/aromatic N) is 4. The van der Waals surface area contributed by atoms with Gasteiger partial charge >= 0.3 is 0 Å². The summed E-state index contributed by atoms with van der Waals surface area (Å²) >= 11 is 1.42. The number of unbranched alkanes of at least 4 members (excludes halogenated alkanes) is 1. The molecule has 6 nitrogen and oxygen atoms in total. The summed E-state index contributed by atoms with van der Waals surface area (Å²) in [6.07, 6.45) is 1.67. The Morgan fingerprint density at radius 2 is 2.38 bits per heavy atom. The molecule has 0 aliphatic rings. The lowest BCUT2D eigenvalue weighted by atomic mass is 10.3. The van der Waals surface area contributed by atoms with Gasteiger partial charge in [0.15, 0.2) is 0 Å². The van der Waals surface area contributed by atoms with Crippen molar-refractivity contribution in [2.45, 2.75) is 31.0 Å². The van der Waals surface area contributed by atoms with Crippen molar-refractivity contribution in [2.75, 3.05) is 19.0 Å². The molecule has 92 valence electrons. The second-order valence-corrected chi connectivity index (χ2v) is 4.47. The maximum absolute atomic E-state index is 9.61. The number of aliphatic hydroxyl groups is 1. The van der Waals surface area contributed by atoms with Crippen LogP contribution >= 0.6 is 11.8 Å². The minimum absolute atomic E-state index is 0.373. The van der Waals surface area contributed by atoms with Gasteiger partial charge in [0.25, 0.3) is 0 Å². The van der Waals surface area contributed by atoms with Crippen LogP contribution in [0.2, 0.25) is 0 Å². The van der Waals surface area contributed by atoms with Crippen LogP contribution < -0.4 is 0 Å². The number of rotatable bonds is 8. The molecule has 0 bridgehead atoms. The highest BCUT2D eigenvalue weighted by atomic mass is 32.2. The van der Waals surface area contributed by atoms with Gasteiger partial charge in [0.2, 0.25) is 5.16 Å². The van der Waals surface area contributed by atoms with Gasteiger partial charge in [0.1, 0.15) is 0 Å². The molecule has 1 rings (SSSR count). The van der Waals surface area contributed by atoms with Crippen LogP contribution in [0.3, 0.4) is 0 Å². The third kappa shape index (κ3) is 4.91. The van der Waals surface area contributed by atoms with E-state index in [1.165, 1.54) is 11.8 Å². The van der Waals surface area contributed by atoms with E-state index in [-0.39, 0.29) is 0 Å². The molecule has 0 radical (unpaired) electrons. The second kappa shape index (κ2) is 7.59. The van der Waals surface area contributed by atoms with Gasteiger partial charge in [-0.1, -0.05) is 25.1 Å². The fraction of sp³-hybridized carbons (Fsp3) is 0.889. The van der Waals surface area contributed by atoms with Crippen LogP contribution in [0.25, 0.3) is 0 Å². The van der Waals surface area contributed by atoms with Crippen molar-refractivity contribution in [1.82, 2.24) is 20.2 Å². The predicted octanol–water partition coefficient (Wildman–Crippen LogP) is 0.480. The van der Waals surface area contributed by atoms with E-state index in [9.17, 15) is 5.11 Å². The number of ether oxygens (including phenoxy) is 1. The molecule has 1 heterocycles. The second-order valence-electron chi connectivity index (χ2n) is 3.48. The average Bonchev–Trinajstić information content (AvgIpc) is 2.67. The first-order valence-corrected chi connectivity index (χ1v) is 6.33. The monoisotopic (exact) mass is 246 g/mol. The van der Waals surface area contributed by atoms with Gasteiger partial charge in [-0.15, -0.1) is 5.10 Å². The Balaban J connectivity index is 2.10. The number of hydrogen-bond acceptors (Lipinski definition) is 6. The Bertz CT molecular complexity index is 295. The molecule has 0 aliphatic carbocycles. The van der Waals surface area contributed by atoms with Crippen molar-refractivity contribution in [3.8, 4) is 0 Å². The van der Waals surface area contributed by atoms with Gasteiger partial charge in [-0.25, -0.2) is 4.68 Å². The molecule has 1 atom stereocenters. The predicted molar refractivity (Wildman–Crippen MR) is 61.3 cm³/mol. The van der Waals surface area contributed by atoms with Crippen molar-refractivity contribution in [3.05, 3.63) is 0 Å². The Hall–Kier alpha value is -0.660. The summed E-state index contributed by atoms with van der Waals surface area (Å²) in [5.41, 5.74) is 0. The summed E-state index contributed by atoms with van der Waals surface area (Å²) in [7, 11) is 1.77. The van der Waals surface area contributed by atoms with E-state index < -0.39 is 6.10 Å². The molecule has 16 heavy (non-hydrogen) atoms. The first-order chi connectivity index (χ1) is 7.74. The van der Waals surface area contributed by atoms with Gasteiger partial charge < -0.3 is 9.84 Å². The number of tetrazole rings is 1. The fourth-order valence-corrected chi connectivity index (χ4v) is 1.78. The highest BCUT2D eigenvalue weighted by Crippen LogP contribution is 2.13. The largest absolute Gasteiger partial charge is 0.390 e. The van der Waals surface area contributed by atoms with Gasteiger partial charge in [-0.3, -0.25) is 0 Å². The van der Waals surface area contributed by atoms with E-state index >= 15 is 0 Å². The average molecular weight is 246 g/mol. The molecular formula is C9H18N4O2S. The molecule has 0 spiro atoms. The summed E-state index contributed by atoms with van der Waals surface area (Å²) < 4.78 is 6.89. The molecular weight excluding hydrogens is 228 g/mol. The quantitative estimate of drug-likeness (QED) is 0.531. The maximum Gasteiger partial charge on any atom is 0.209 e. The zero-order valence-corrected chi connectivity index (χ0v) is 10.5. The van der Waals surface area contributed by atoms with Crippen molar-refractivity contribution in [3.63, 3.8) is 0 Å². The van der Waals surface area contributed by atoms with Gasteiger partial charge in [-0.2, -0.15) is 0 Å². The Labute approximate surface area is 99.4 Å². The molecule has 1 aromatic heterocycles. The van der Waals surface area contributed by atoms with E-state index in [1.807, 2.05) is 0 Å². The lowest BCUT2D eigenvalue weighted by molar-refractivity contribution is 0.0473. The summed E-state index contributed by atoms with van der Waals surface area (Å²) in [6, 6.07) is 0. The highest BCUT2D eigenvalue weighted by Gasteiger charge is 2.08. The normalized spacial score (nSPS) is 12.9. The molecule has 1 N–H and O–H groups in total. The molecule has 0 aromatic carbocycles. The molecule has 7 heteroatoms. The number of aryl methyl sites for hydroxylation is 1. The van der Waals surface area contributed by atoms with E-state index in [2.05, 4.69) is 22.4 Å². The van der Waals surface area contributed by atoms with Crippen LogP contribution in [0, 0.1) is 0 Å². The summed E-state index contributed by atoms with van der Waals surface area (Å²) in [5, 5.41) is 21.3. The van der Waals surface area contributed by atoms with Crippen LogP contribution in [0.4, 0.5) is 0 Å². The Morgan fingerprint density at radius 1 is 1.56 bits per heavy atom. The summed E-state index contributed by atoms with van der Waals surface area (Å²) in [5.74, 6) is 0.542. The number of aliphatic hydroxyl groups excluding tert-OH is 1. The molecule has 0 fully saturated rings. The van der Waals surface area contributed by atoms with Crippen molar-refractivity contribution in [1.29, 1.82) is 0 Å². The molecule has 0 saturated carbocycles. The standard InChI is InChI=1S/C9H18N4O2S/c1-3-4-5-15-6-8(14)7-16-9-10-11-12-13(9)2/h8,14H,3-7H2,1-2H3. The Morgan fingerprint density at radius 3 is 3.00 bits per heavy atom. The SMILES string of the molecule is CCCCOCC(O)CSc1nnnn1C. The molecule has 0 amide bonds. The minimum atomic E-state index is -0.474. The van der Waals surface area contributed by atoms with E-state index in [4.69, 9.17) is 4.74 Å². The number of hydrogen-bond donors (Lipinski definition) is 1. The van der Waals surface area contributed by atoms with Gasteiger partial charge in [-0.05, 0) is 16.8 Å². The third-order valence-electron chi connectivity index (χ3n) is 1.94.